The third kappa shape index (κ3) is 4.56. The van der Waals surface area contributed by atoms with E-state index in [9.17, 15) is 0 Å². The molecule has 61 heavy (non-hydrogen) atoms. The number of para-hydroxylation sites is 1. The van der Waals surface area contributed by atoms with Gasteiger partial charge in [-0.05, 0) is 130 Å². The summed E-state index contributed by atoms with van der Waals surface area (Å²) < 4.78 is 0. The summed E-state index contributed by atoms with van der Waals surface area (Å²) in [6.07, 6.45) is 0. The van der Waals surface area contributed by atoms with Gasteiger partial charge in [-0.1, -0.05) is 190 Å². The summed E-state index contributed by atoms with van der Waals surface area (Å²) >= 11 is 0. The predicted molar refractivity (Wildman–Crippen MR) is 255 cm³/mol. The lowest BCUT2D eigenvalue weighted by Crippen LogP contribution is -2.36. The minimum absolute atomic E-state index is 0.120. The SMILES string of the molecule is CC1(C)c2ccccc2-c2ccc(N(c3ccccc3)c3ccc4c5c(cccc35)C3(c5cc(-c6ccccc6)ccc5-c5cccc6cccc3c56)c3ccccc3-4)cc21. The number of rotatable bonds is 4. The fourth-order valence-electron chi connectivity index (χ4n) is 11.7. The second-order valence-electron chi connectivity index (χ2n) is 17.6. The van der Waals surface area contributed by atoms with Crippen LogP contribution in [0.5, 0.6) is 0 Å². The molecule has 1 heteroatoms. The van der Waals surface area contributed by atoms with Crippen molar-refractivity contribution in [1.82, 2.24) is 0 Å². The van der Waals surface area contributed by atoms with Crippen LogP contribution in [-0.4, -0.2) is 0 Å². The first-order chi connectivity index (χ1) is 30.0. The second kappa shape index (κ2) is 12.5. The average Bonchev–Trinajstić information content (AvgIpc) is 3.55. The maximum absolute atomic E-state index is 2.50. The van der Waals surface area contributed by atoms with Gasteiger partial charge in [0.15, 0.2) is 0 Å². The highest BCUT2D eigenvalue weighted by molar-refractivity contribution is 6.14. The molecule has 10 aromatic carbocycles. The van der Waals surface area contributed by atoms with Crippen molar-refractivity contribution in [2.75, 3.05) is 4.90 Å². The van der Waals surface area contributed by atoms with Crippen molar-refractivity contribution in [1.29, 1.82) is 0 Å². The molecule has 1 spiro atoms. The van der Waals surface area contributed by atoms with Crippen LogP contribution in [-0.2, 0) is 10.8 Å². The Morgan fingerprint density at radius 2 is 0.885 bits per heavy atom. The smallest absolute Gasteiger partial charge is 0.0726 e. The molecule has 3 aliphatic rings. The maximum Gasteiger partial charge on any atom is 0.0726 e. The summed E-state index contributed by atoms with van der Waals surface area (Å²) in [7, 11) is 0. The van der Waals surface area contributed by atoms with Gasteiger partial charge in [0, 0.05) is 22.2 Å². The molecule has 0 amide bonds. The van der Waals surface area contributed by atoms with Crippen LogP contribution in [0, 0.1) is 0 Å². The van der Waals surface area contributed by atoms with Crippen LogP contribution in [0.4, 0.5) is 17.1 Å². The van der Waals surface area contributed by atoms with E-state index < -0.39 is 5.41 Å². The Morgan fingerprint density at radius 1 is 0.328 bits per heavy atom. The minimum Gasteiger partial charge on any atom is -0.310 e. The molecule has 0 saturated carbocycles. The van der Waals surface area contributed by atoms with Gasteiger partial charge in [0.05, 0.1) is 11.1 Å². The molecule has 3 aliphatic carbocycles. The average molecular weight is 776 g/mol. The van der Waals surface area contributed by atoms with Gasteiger partial charge in [-0.25, -0.2) is 0 Å². The van der Waals surface area contributed by atoms with Crippen LogP contribution in [0.2, 0.25) is 0 Å². The number of fused-ring (bicyclic) bond motifs is 11. The van der Waals surface area contributed by atoms with Gasteiger partial charge in [0.25, 0.3) is 0 Å². The Bertz CT molecular complexity index is 3440. The van der Waals surface area contributed by atoms with Crippen LogP contribution in [0.25, 0.3) is 66.1 Å². The normalized spacial score (nSPS) is 15.9. The number of nitrogens with zero attached hydrogens (tertiary/aromatic N) is 1. The van der Waals surface area contributed by atoms with E-state index in [1.807, 2.05) is 0 Å². The first-order valence-corrected chi connectivity index (χ1v) is 21.5. The topological polar surface area (TPSA) is 3.24 Å². The molecule has 0 N–H and O–H groups in total. The number of hydrogen-bond acceptors (Lipinski definition) is 1. The molecular weight excluding hydrogens is 735 g/mol. The predicted octanol–water partition coefficient (Wildman–Crippen LogP) is 15.8. The summed E-state index contributed by atoms with van der Waals surface area (Å²) in [6, 6.07) is 80.0. The maximum atomic E-state index is 2.50. The Kier molecular flexibility index (Phi) is 7.06. The van der Waals surface area contributed by atoms with Crippen LogP contribution >= 0.6 is 0 Å². The Morgan fingerprint density at radius 3 is 1.69 bits per heavy atom. The van der Waals surface area contributed by atoms with Crippen molar-refractivity contribution in [3.05, 3.63) is 246 Å². The summed E-state index contributed by atoms with van der Waals surface area (Å²) in [5.41, 5.74) is 21.1. The summed E-state index contributed by atoms with van der Waals surface area (Å²) in [4.78, 5) is 2.49. The van der Waals surface area contributed by atoms with Gasteiger partial charge in [0.2, 0.25) is 0 Å². The van der Waals surface area contributed by atoms with Crippen LogP contribution in [0.1, 0.15) is 47.2 Å². The Hall–Kier alpha value is -7.48. The van der Waals surface area contributed by atoms with E-state index in [4.69, 9.17) is 0 Å². The third-order valence-corrected chi connectivity index (χ3v) is 14.3. The van der Waals surface area contributed by atoms with Gasteiger partial charge >= 0.3 is 0 Å². The molecule has 286 valence electrons. The molecular formula is C60H41N. The van der Waals surface area contributed by atoms with Gasteiger partial charge in [-0.3, -0.25) is 0 Å². The molecule has 0 fully saturated rings. The third-order valence-electron chi connectivity index (χ3n) is 14.3. The zero-order valence-corrected chi connectivity index (χ0v) is 34.2. The molecule has 1 atom stereocenters. The highest BCUT2D eigenvalue weighted by Gasteiger charge is 2.49. The molecule has 13 rings (SSSR count). The molecule has 0 aromatic heterocycles. The quantitative estimate of drug-likeness (QED) is 0.172. The first-order valence-electron chi connectivity index (χ1n) is 21.5. The van der Waals surface area contributed by atoms with Crippen molar-refractivity contribution in [3.63, 3.8) is 0 Å². The standard InChI is InChI=1S/C60H41N/c1-59(2)50-26-11-9-22-43(50)45-33-31-42(37-54(45)59)61(41-20-7-4-8-21-41)56-35-34-48-44-23-10-12-27-51(44)60(53-29-15-25-49(56)58(48)53)52-28-14-19-39-18-13-24-47(57(39)52)46-32-30-40(36-55(46)60)38-16-5-3-6-17-38/h3-37H,1-2H3. The Balaban J connectivity index is 1.14. The van der Waals surface area contributed by atoms with Crippen molar-refractivity contribution in [2.24, 2.45) is 0 Å². The highest BCUT2D eigenvalue weighted by Crippen LogP contribution is 2.62. The van der Waals surface area contributed by atoms with E-state index >= 15 is 0 Å². The van der Waals surface area contributed by atoms with E-state index in [1.165, 1.54) is 105 Å². The first kappa shape index (κ1) is 34.4. The fraction of sp³-hybridized carbons (Fsp3) is 0.0667. The highest BCUT2D eigenvalue weighted by atomic mass is 15.1. The second-order valence-corrected chi connectivity index (χ2v) is 17.6. The molecule has 0 heterocycles. The van der Waals surface area contributed by atoms with Gasteiger partial charge in [0.1, 0.15) is 0 Å². The van der Waals surface area contributed by atoms with Gasteiger partial charge in [-0.2, -0.15) is 0 Å². The van der Waals surface area contributed by atoms with E-state index in [0.29, 0.717) is 0 Å². The van der Waals surface area contributed by atoms with Crippen molar-refractivity contribution < 1.29 is 0 Å². The largest absolute Gasteiger partial charge is 0.310 e. The minimum atomic E-state index is -0.587. The number of hydrogen-bond donors (Lipinski definition) is 0. The molecule has 1 unspecified atom stereocenters. The summed E-state index contributed by atoms with van der Waals surface area (Å²) in [5.74, 6) is 0. The summed E-state index contributed by atoms with van der Waals surface area (Å²) in [5, 5.41) is 5.15. The molecule has 1 nitrogen and oxygen atoms in total. The van der Waals surface area contributed by atoms with E-state index in [0.717, 1.165) is 11.4 Å². The Labute approximate surface area is 356 Å². The lowest BCUT2D eigenvalue weighted by molar-refractivity contribution is 0.660. The van der Waals surface area contributed by atoms with E-state index in [1.54, 1.807) is 0 Å². The monoisotopic (exact) mass is 775 g/mol. The molecule has 0 saturated heterocycles. The van der Waals surface area contributed by atoms with Gasteiger partial charge < -0.3 is 4.90 Å². The summed E-state index contributed by atoms with van der Waals surface area (Å²) in [6.45, 7) is 4.75. The zero-order valence-electron chi connectivity index (χ0n) is 34.2. The molecule has 0 bridgehead atoms. The fourth-order valence-corrected chi connectivity index (χ4v) is 11.7. The molecule has 0 radical (unpaired) electrons. The number of anilines is 3. The van der Waals surface area contributed by atoms with Crippen molar-refractivity contribution in [3.8, 4) is 44.5 Å². The number of benzene rings is 10. The lowest BCUT2D eigenvalue weighted by atomic mass is 9.55. The van der Waals surface area contributed by atoms with E-state index in [-0.39, 0.29) is 5.41 Å². The molecule has 0 aliphatic heterocycles. The molecule has 10 aromatic rings. The lowest BCUT2D eigenvalue weighted by Gasteiger charge is -2.46. The van der Waals surface area contributed by atoms with Crippen molar-refractivity contribution >= 4 is 38.6 Å². The van der Waals surface area contributed by atoms with E-state index in [2.05, 4.69) is 231 Å². The van der Waals surface area contributed by atoms with Crippen molar-refractivity contribution in [2.45, 2.75) is 24.7 Å². The van der Waals surface area contributed by atoms with Crippen LogP contribution < -0.4 is 4.90 Å². The zero-order chi connectivity index (χ0) is 40.5. The van der Waals surface area contributed by atoms with Gasteiger partial charge in [-0.15, -0.1) is 0 Å². The van der Waals surface area contributed by atoms with Crippen LogP contribution in [0.15, 0.2) is 212 Å². The van der Waals surface area contributed by atoms with Crippen LogP contribution in [0.3, 0.4) is 0 Å².